The summed E-state index contributed by atoms with van der Waals surface area (Å²) >= 11 is 2.81. The molecule has 0 radical (unpaired) electrons. The Bertz CT molecular complexity index is 1340. The van der Waals surface area contributed by atoms with E-state index in [1.165, 1.54) is 16.0 Å². The fourth-order valence-corrected chi connectivity index (χ4v) is 4.74. The van der Waals surface area contributed by atoms with Crippen LogP contribution in [0.4, 0.5) is 0 Å². The van der Waals surface area contributed by atoms with Crippen LogP contribution in [-0.2, 0) is 0 Å². The molecular weight excluding hydrogens is 434 g/mol. The number of fused-ring (bicyclic) bond motifs is 1. The zero-order valence-electron chi connectivity index (χ0n) is 17.0. The molecule has 31 heavy (non-hydrogen) atoms. The first kappa shape index (κ1) is 20.9. The van der Waals surface area contributed by atoms with Gasteiger partial charge in [0.2, 0.25) is 0 Å². The molecule has 2 amide bonds. The summed E-state index contributed by atoms with van der Waals surface area (Å²) in [7, 11) is 0. The van der Waals surface area contributed by atoms with Crippen LogP contribution in [0.15, 0.2) is 45.9 Å². The van der Waals surface area contributed by atoms with Gasteiger partial charge in [0.05, 0.1) is 17.1 Å². The second kappa shape index (κ2) is 8.40. The quantitative estimate of drug-likeness (QED) is 0.460. The Morgan fingerprint density at radius 3 is 2.45 bits per heavy atom. The Morgan fingerprint density at radius 1 is 1.06 bits per heavy atom. The maximum Gasteiger partial charge on any atom is 0.290 e. The van der Waals surface area contributed by atoms with Crippen LogP contribution in [-0.4, -0.2) is 26.6 Å². The molecule has 0 atom stereocenters. The first-order valence-electron chi connectivity index (χ1n) is 9.49. The van der Waals surface area contributed by atoms with Gasteiger partial charge in [0.25, 0.3) is 17.4 Å². The minimum absolute atomic E-state index is 0.0594. The number of benzene rings is 1. The van der Waals surface area contributed by atoms with Gasteiger partial charge in [-0.05, 0) is 38.3 Å². The normalized spacial score (nSPS) is 11.1. The average molecular weight is 454 g/mol. The summed E-state index contributed by atoms with van der Waals surface area (Å²) in [6.07, 6.45) is 0. The number of thiophene rings is 1. The standard InChI is InChI=1S/C21H19N5O3S2/c1-11(2)26-21(29)15-7-5-4-6-14(15)16(25-26)18(27)23-24-19(28)17-12(3)22-20(31-17)13-8-9-30-10-13/h4-11H,1-3H3,(H,23,27)(H,24,28). The van der Waals surface area contributed by atoms with E-state index < -0.39 is 11.8 Å². The number of rotatable bonds is 4. The number of nitrogens with one attached hydrogen (secondary N) is 2. The third-order valence-corrected chi connectivity index (χ3v) is 6.48. The van der Waals surface area contributed by atoms with Gasteiger partial charge in [0.1, 0.15) is 9.88 Å². The van der Waals surface area contributed by atoms with E-state index >= 15 is 0 Å². The first-order chi connectivity index (χ1) is 14.9. The molecule has 0 saturated heterocycles. The molecule has 3 heterocycles. The van der Waals surface area contributed by atoms with Gasteiger partial charge in [-0.15, -0.1) is 11.3 Å². The van der Waals surface area contributed by atoms with Crippen molar-refractivity contribution in [2.45, 2.75) is 26.8 Å². The third kappa shape index (κ3) is 3.99. The maximum atomic E-state index is 12.8. The van der Waals surface area contributed by atoms with Crippen molar-refractivity contribution in [2.24, 2.45) is 0 Å². The van der Waals surface area contributed by atoms with E-state index in [4.69, 9.17) is 0 Å². The number of thiazole rings is 1. The number of amides is 2. The number of nitrogens with zero attached hydrogens (tertiary/aromatic N) is 3. The average Bonchev–Trinajstić information content (AvgIpc) is 3.42. The van der Waals surface area contributed by atoms with Gasteiger partial charge in [0.15, 0.2) is 5.69 Å². The summed E-state index contributed by atoms with van der Waals surface area (Å²) in [6, 6.07) is 8.48. The van der Waals surface area contributed by atoms with Crippen molar-refractivity contribution in [1.29, 1.82) is 0 Å². The Hall–Kier alpha value is -3.37. The largest absolute Gasteiger partial charge is 0.290 e. The summed E-state index contributed by atoms with van der Waals surface area (Å²) in [5, 5.41) is 9.70. The van der Waals surface area contributed by atoms with E-state index in [0.29, 0.717) is 21.3 Å². The zero-order valence-corrected chi connectivity index (χ0v) is 18.6. The molecular formula is C21H19N5O3S2. The number of hydrogen-bond donors (Lipinski definition) is 2. The Balaban J connectivity index is 1.58. The second-order valence-electron chi connectivity index (χ2n) is 7.09. The summed E-state index contributed by atoms with van der Waals surface area (Å²) in [4.78, 5) is 43.0. The lowest BCUT2D eigenvalue weighted by molar-refractivity contribution is 0.0845. The van der Waals surface area contributed by atoms with Crippen molar-refractivity contribution in [3.8, 4) is 10.6 Å². The van der Waals surface area contributed by atoms with Crippen molar-refractivity contribution in [1.82, 2.24) is 25.6 Å². The van der Waals surface area contributed by atoms with Gasteiger partial charge in [-0.3, -0.25) is 25.2 Å². The summed E-state index contributed by atoms with van der Waals surface area (Å²) < 4.78 is 1.26. The second-order valence-corrected chi connectivity index (χ2v) is 8.87. The van der Waals surface area contributed by atoms with Crippen molar-refractivity contribution in [3.05, 3.63) is 67.7 Å². The molecule has 4 aromatic rings. The monoisotopic (exact) mass is 453 g/mol. The Kier molecular flexibility index (Phi) is 5.66. The molecule has 0 fully saturated rings. The van der Waals surface area contributed by atoms with Gasteiger partial charge in [0, 0.05) is 16.3 Å². The predicted molar refractivity (Wildman–Crippen MR) is 121 cm³/mol. The molecule has 158 valence electrons. The van der Waals surface area contributed by atoms with Crippen LogP contribution < -0.4 is 16.4 Å². The lowest BCUT2D eigenvalue weighted by Crippen LogP contribution is -2.42. The highest BCUT2D eigenvalue weighted by Crippen LogP contribution is 2.29. The molecule has 0 aliphatic rings. The first-order valence-corrected chi connectivity index (χ1v) is 11.2. The fourth-order valence-electron chi connectivity index (χ4n) is 3.07. The van der Waals surface area contributed by atoms with Crippen molar-refractivity contribution < 1.29 is 9.59 Å². The number of carbonyl (C=O) groups is 2. The molecule has 1 aromatic carbocycles. The van der Waals surface area contributed by atoms with E-state index in [-0.39, 0.29) is 17.3 Å². The van der Waals surface area contributed by atoms with Crippen LogP contribution >= 0.6 is 22.7 Å². The van der Waals surface area contributed by atoms with Crippen LogP contribution in [0.2, 0.25) is 0 Å². The maximum absolute atomic E-state index is 12.8. The third-order valence-electron chi connectivity index (χ3n) is 4.59. The van der Waals surface area contributed by atoms with Crippen LogP contribution in [0.25, 0.3) is 21.3 Å². The van der Waals surface area contributed by atoms with E-state index in [2.05, 4.69) is 20.9 Å². The summed E-state index contributed by atoms with van der Waals surface area (Å²) in [6.45, 7) is 5.37. The fraction of sp³-hybridized carbons (Fsp3) is 0.190. The molecule has 0 aliphatic heterocycles. The number of aromatic nitrogens is 3. The van der Waals surface area contributed by atoms with Crippen molar-refractivity contribution in [2.75, 3.05) is 0 Å². The van der Waals surface area contributed by atoms with Gasteiger partial charge in [-0.1, -0.05) is 18.2 Å². The van der Waals surface area contributed by atoms with Crippen LogP contribution in [0.5, 0.6) is 0 Å². The molecule has 4 rings (SSSR count). The van der Waals surface area contributed by atoms with Gasteiger partial charge in [-0.25, -0.2) is 9.67 Å². The Morgan fingerprint density at radius 2 is 1.77 bits per heavy atom. The molecule has 2 N–H and O–H groups in total. The van der Waals surface area contributed by atoms with E-state index in [0.717, 1.165) is 10.6 Å². The zero-order chi connectivity index (χ0) is 22.1. The highest BCUT2D eigenvalue weighted by molar-refractivity contribution is 7.17. The van der Waals surface area contributed by atoms with Crippen LogP contribution in [0.1, 0.15) is 45.7 Å². The number of hydrogen-bond acceptors (Lipinski definition) is 7. The highest BCUT2D eigenvalue weighted by atomic mass is 32.1. The topological polar surface area (TPSA) is 106 Å². The van der Waals surface area contributed by atoms with Gasteiger partial charge >= 0.3 is 0 Å². The highest BCUT2D eigenvalue weighted by Gasteiger charge is 2.20. The number of aryl methyl sites for hydroxylation is 1. The Labute approximate surface area is 185 Å². The van der Waals surface area contributed by atoms with Crippen LogP contribution in [0.3, 0.4) is 0 Å². The molecule has 3 aromatic heterocycles. The summed E-state index contributed by atoms with van der Waals surface area (Å²) in [5.74, 6) is -1.08. The number of hydrazine groups is 1. The molecule has 0 bridgehead atoms. The van der Waals surface area contributed by atoms with Gasteiger partial charge < -0.3 is 0 Å². The lowest BCUT2D eigenvalue weighted by Gasteiger charge is -2.13. The minimum atomic E-state index is -0.612. The summed E-state index contributed by atoms with van der Waals surface area (Å²) in [5.41, 5.74) is 6.16. The molecule has 0 saturated carbocycles. The molecule has 0 aliphatic carbocycles. The molecule has 10 heteroatoms. The lowest BCUT2D eigenvalue weighted by atomic mass is 10.1. The predicted octanol–water partition coefficient (Wildman–Crippen LogP) is 3.55. The smallest absolute Gasteiger partial charge is 0.267 e. The van der Waals surface area contributed by atoms with E-state index in [9.17, 15) is 14.4 Å². The molecule has 0 spiro atoms. The molecule has 8 nitrogen and oxygen atoms in total. The van der Waals surface area contributed by atoms with E-state index in [1.807, 2.05) is 30.7 Å². The minimum Gasteiger partial charge on any atom is -0.267 e. The van der Waals surface area contributed by atoms with Gasteiger partial charge in [-0.2, -0.15) is 16.4 Å². The van der Waals surface area contributed by atoms with Crippen LogP contribution in [0, 0.1) is 6.92 Å². The van der Waals surface area contributed by atoms with Crippen molar-refractivity contribution in [3.63, 3.8) is 0 Å². The number of carbonyl (C=O) groups excluding carboxylic acids is 2. The SMILES string of the molecule is Cc1nc(-c2ccsc2)sc1C(=O)NNC(=O)c1nn(C(C)C)c(=O)c2ccccc12. The van der Waals surface area contributed by atoms with Crippen molar-refractivity contribution >= 4 is 45.3 Å². The van der Waals surface area contributed by atoms with E-state index in [1.54, 1.807) is 42.5 Å². The molecule has 0 unspecified atom stereocenters.